The monoisotopic (exact) mass is 353 g/mol. The first kappa shape index (κ1) is 15.0. The number of carbonyl (C=O) groups excluding carboxylic acids is 1. The van der Waals surface area contributed by atoms with Crippen molar-refractivity contribution in [3.63, 3.8) is 0 Å². The zero-order valence-electron chi connectivity index (χ0n) is 12.2. The molecule has 2 aliphatic carbocycles. The van der Waals surface area contributed by atoms with Crippen LogP contribution in [0.15, 0.2) is 34.7 Å². The number of hydrogen-bond acceptors (Lipinski definition) is 1. The molecule has 0 atom stereocenters. The third kappa shape index (κ3) is 2.75. The van der Waals surface area contributed by atoms with Crippen LogP contribution in [-0.2, 0) is 4.79 Å². The summed E-state index contributed by atoms with van der Waals surface area (Å²) >= 11 is 3.59. The highest BCUT2D eigenvalue weighted by Crippen LogP contribution is 2.43. The van der Waals surface area contributed by atoms with Crippen molar-refractivity contribution in [1.82, 2.24) is 5.32 Å². The average Bonchev–Trinajstić information content (AvgIpc) is 2.62. The average molecular weight is 354 g/mol. The highest BCUT2D eigenvalue weighted by atomic mass is 79.9. The summed E-state index contributed by atoms with van der Waals surface area (Å²) in [5.41, 5.74) is 2.86. The highest BCUT2D eigenvalue weighted by molar-refractivity contribution is 9.09. The van der Waals surface area contributed by atoms with Crippen LogP contribution < -0.4 is 5.32 Å². The Morgan fingerprint density at radius 1 is 1.14 bits per heavy atom. The fourth-order valence-electron chi connectivity index (χ4n) is 3.86. The summed E-state index contributed by atoms with van der Waals surface area (Å²) < 4.78 is 13.4. The van der Waals surface area contributed by atoms with Crippen molar-refractivity contribution >= 4 is 21.8 Å². The van der Waals surface area contributed by atoms with E-state index >= 15 is 0 Å². The molecular formula is C17H21BrFNO. The Hall–Kier alpha value is -0.900. The van der Waals surface area contributed by atoms with Gasteiger partial charge in [0.15, 0.2) is 0 Å². The van der Waals surface area contributed by atoms with Gasteiger partial charge in [-0.25, -0.2) is 4.39 Å². The molecule has 4 heteroatoms. The summed E-state index contributed by atoms with van der Waals surface area (Å²) in [5.74, 6) is -0.0508. The number of halogens is 2. The van der Waals surface area contributed by atoms with Gasteiger partial charge in [-0.2, -0.15) is 0 Å². The van der Waals surface area contributed by atoms with Crippen LogP contribution in [0.2, 0.25) is 0 Å². The number of nitrogens with one attached hydrogen (secondary N) is 1. The standard InChI is InChI=1S/C17H21BrFNO/c18-11-14-15(12-5-4-6-13(19)8-7-12)16(21)20-17(14)9-2-1-3-10-17/h7-8H,1-6,9-11H2,(H,20,21). The Morgan fingerprint density at radius 3 is 2.62 bits per heavy atom. The molecule has 0 aromatic heterocycles. The number of allylic oxidation sites excluding steroid dienone is 3. The van der Waals surface area contributed by atoms with E-state index in [1.54, 1.807) is 0 Å². The van der Waals surface area contributed by atoms with E-state index in [1.165, 1.54) is 18.1 Å². The van der Waals surface area contributed by atoms with E-state index in [9.17, 15) is 9.18 Å². The quantitative estimate of drug-likeness (QED) is 0.728. The van der Waals surface area contributed by atoms with Crippen molar-refractivity contribution in [2.24, 2.45) is 0 Å². The van der Waals surface area contributed by atoms with Gasteiger partial charge in [-0.15, -0.1) is 0 Å². The van der Waals surface area contributed by atoms with Gasteiger partial charge in [0.05, 0.1) is 11.4 Å². The maximum Gasteiger partial charge on any atom is 0.252 e. The molecule has 3 rings (SSSR count). The predicted molar refractivity (Wildman–Crippen MR) is 85.9 cm³/mol. The van der Waals surface area contributed by atoms with Gasteiger partial charge in [-0.3, -0.25) is 4.79 Å². The van der Waals surface area contributed by atoms with Crippen molar-refractivity contribution in [3.05, 3.63) is 34.7 Å². The molecule has 0 aromatic carbocycles. The van der Waals surface area contributed by atoms with Gasteiger partial charge < -0.3 is 5.32 Å². The molecule has 0 saturated heterocycles. The lowest BCUT2D eigenvalue weighted by atomic mass is 9.77. The minimum absolute atomic E-state index is 0.0355. The Bertz CT molecular complexity index is 541. The molecule has 1 amide bonds. The summed E-state index contributed by atoms with van der Waals surface area (Å²) in [4.78, 5) is 12.6. The topological polar surface area (TPSA) is 29.1 Å². The van der Waals surface area contributed by atoms with Gasteiger partial charge in [-0.1, -0.05) is 41.3 Å². The molecule has 0 unspecified atom stereocenters. The first-order valence-corrected chi connectivity index (χ1v) is 8.96. The molecule has 114 valence electrons. The number of amides is 1. The van der Waals surface area contributed by atoms with Crippen LogP contribution in [0.25, 0.3) is 0 Å². The Balaban J connectivity index is 2.01. The number of alkyl halides is 1. The van der Waals surface area contributed by atoms with Crippen LogP contribution in [0, 0.1) is 0 Å². The minimum atomic E-state index is -0.149. The van der Waals surface area contributed by atoms with Crippen LogP contribution in [0.4, 0.5) is 4.39 Å². The maximum absolute atomic E-state index is 13.4. The van der Waals surface area contributed by atoms with Gasteiger partial charge in [-0.05, 0) is 49.3 Å². The molecule has 1 fully saturated rings. The van der Waals surface area contributed by atoms with E-state index in [4.69, 9.17) is 0 Å². The fourth-order valence-corrected chi connectivity index (χ4v) is 4.68. The molecule has 1 spiro atoms. The molecule has 0 bridgehead atoms. The molecule has 1 aliphatic heterocycles. The summed E-state index contributed by atoms with van der Waals surface area (Å²) in [5, 5.41) is 3.96. The third-order valence-corrected chi connectivity index (χ3v) is 5.51. The Morgan fingerprint density at radius 2 is 1.90 bits per heavy atom. The molecule has 1 saturated carbocycles. The second-order valence-electron chi connectivity index (χ2n) is 6.24. The third-order valence-electron chi connectivity index (χ3n) is 4.95. The molecule has 3 aliphatic rings. The first-order chi connectivity index (χ1) is 10.2. The van der Waals surface area contributed by atoms with E-state index < -0.39 is 0 Å². The largest absolute Gasteiger partial charge is 0.343 e. The molecule has 0 aromatic rings. The fraction of sp³-hybridized carbons (Fsp3) is 0.588. The normalized spacial score (nSPS) is 25.5. The summed E-state index contributed by atoms with van der Waals surface area (Å²) in [6.07, 6.45) is 11.0. The van der Waals surface area contributed by atoms with Gasteiger partial charge in [0.25, 0.3) is 5.91 Å². The predicted octanol–water partition coefficient (Wildman–Crippen LogP) is 4.47. The minimum Gasteiger partial charge on any atom is -0.343 e. The van der Waals surface area contributed by atoms with Crippen LogP contribution in [0.3, 0.4) is 0 Å². The second kappa shape index (κ2) is 6.07. The van der Waals surface area contributed by atoms with Crippen molar-refractivity contribution in [1.29, 1.82) is 0 Å². The number of carbonyl (C=O) groups is 1. The molecular weight excluding hydrogens is 333 g/mol. The van der Waals surface area contributed by atoms with Crippen LogP contribution in [0.1, 0.15) is 51.4 Å². The smallest absolute Gasteiger partial charge is 0.252 e. The molecule has 21 heavy (non-hydrogen) atoms. The second-order valence-corrected chi connectivity index (χ2v) is 6.80. The van der Waals surface area contributed by atoms with E-state index in [1.807, 2.05) is 6.08 Å². The van der Waals surface area contributed by atoms with Crippen molar-refractivity contribution in [3.8, 4) is 0 Å². The number of rotatable bonds is 2. The Labute approximate surface area is 133 Å². The van der Waals surface area contributed by atoms with E-state index in [-0.39, 0.29) is 17.3 Å². The number of hydrogen-bond donors (Lipinski definition) is 1. The zero-order chi connectivity index (χ0) is 14.9. The highest BCUT2D eigenvalue weighted by Gasteiger charge is 2.45. The van der Waals surface area contributed by atoms with Crippen molar-refractivity contribution in [2.75, 3.05) is 5.33 Å². The lowest BCUT2D eigenvalue weighted by Crippen LogP contribution is -2.46. The van der Waals surface area contributed by atoms with Gasteiger partial charge >= 0.3 is 0 Å². The van der Waals surface area contributed by atoms with Gasteiger partial charge in [0.1, 0.15) is 0 Å². The summed E-state index contributed by atoms with van der Waals surface area (Å²) in [6.45, 7) is 0. The summed E-state index contributed by atoms with van der Waals surface area (Å²) in [6, 6.07) is 0. The van der Waals surface area contributed by atoms with E-state index in [0.29, 0.717) is 11.8 Å². The molecule has 1 N–H and O–H groups in total. The lowest BCUT2D eigenvalue weighted by molar-refractivity contribution is -0.117. The molecule has 2 nitrogen and oxygen atoms in total. The van der Waals surface area contributed by atoms with Crippen molar-refractivity contribution < 1.29 is 9.18 Å². The van der Waals surface area contributed by atoms with E-state index in [0.717, 1.165) is 49.7 Å². The maximum atomic E-state index is 13.4. The summed E-state index contributed by atoms with van der Waals surface area (Å²) in [7, 11) is 0. The van der Waals surface area contributed by atoms with Gasteiger partial charge in [0, 0.05) is 10.9 Å². The van der Waals surface area contributed by atoms with Crippen molar-refractivity contribution in [2.45, 2.75) is 56.9 Å². The SMILES string of the molecule is O=C1NC2(CCCCC2)C(CBr)=C1C1=CC=C(F)CCC1. The molecule has 0 radical (unpaired) electrons. The van der Waals surface area contributed by atoms with Crippen LogP contribution in [-0.4, -0.2) is 16.8 Å². The Kier molecular flexibility index (Phi) is 4.34. The van der Waals surface area contributed by atoms with Gasteiger partial charge in [0.2, 0.25) is 0 Å². The van der Waals surface area contributed by atoms with E-state index in [2.05, 4.69) is 21.2 Å². The zero-order valence-corrected chi connectivity index (χ0v) is 13.8. The first-order valence-electron chi connectivity index (χ1n) is 7.84. The van der Waals surface area contributed by atoms with Crippen LogP contribution in [0.5, 0.6) is 0 Å². The lowest BCUT2D eigenvalue weighted by Gasteiger charge is -2.35. The molecule has 1 heterocycles. The van der Waals surface area contributed by atoms with Crippen LogP contribution >= 0.6 is 15.9 Å².